The number of amides is 1. The third kappa shape index (κ3) is 2.63. The number of likely N-dealkylation sites (tertiary alicyclic amines) is 1. The number of carboxylic acid groups (broad SMARTS) is 1. The maximum absolute atomic E-state index is 12.3. The molecule has 1 aliphatic rings. The Kier molecular flexibility index (Phi) is 3.41. The average Bonchev–Trinajstić information content (AvgIpc) is 2.70. The Morgan fingerprint density at radius 3 is 2.71 bits per heavy atom. The van der Waals surface area contributed by atoms with Crippen LogP contribution in [0.15, 0.2) is 30.3 Å². The number of aryl methyl sites for hydroxylation is 1. The Morgan fingerprint density at radius 1 is 1.29 bits per heavy atom. The molecule has 1 aromatic carbocycles. The molecule has 0 bridgehead atoms. The number of fused-ring (bicyclic) bond motifs is 1. The van der Waals surface area contributed by atoms with Gasteiger partial charge in [0.05, 0.1) is 6.42 Å². The summed E-state index contributed by atoms with van der Waals surface area (Å²) in [6.07, 6.45) is 0.148. The lowest BCUT2D eigenvalue weighted by Gasteiger charge is -2.38. The highest BCUT2D eigenvalue weighted by molar-refractivity contribution is 5.84. The minimum Gasteiger partial charge on any atom is -0.481 e. The quantitative estimate of drug-likeness (QED) is 0.933. The summed E-state index contributed by atoms with van der Waals surface area (Å²) in [6, 6.07) is 10.1. The van der Waals surface area contributed by atoms with Crippen molar-refractivity contribution >= 4 is 22.8 Å². The van der Waals surface area contributed by atoms with Crippen molar-refractivity contribution in [1.82, 2.24) is 9.47 Å². The van der Waals surface area contributed by atoms with E-state index in [1.54, 1.807) is 4.90 Å². The third-order valence-corrected chi connectivity index (χ3v) is 4.08. The number of carbonyl (C=O) groups is 2. The van der Waals surface area contributed by atoms with Crippen LogP contribution in [-0.4, -0.2) is 39.5 Å². The monoisotopic (exact) mass is 286 g/mol. The molecule has 5 heteroatoms. The summed E-state index contributed by atoms with van der Waals surface area (Å²) in [6.45, 7) is 3.43. The molecule has 0 atom stereocenters. The van der Waals surface area contributed by atoms with Crippen molar-refractivity contribution in [2.45, 2.75) is 19.9 Å². The molecular weight excluding hydrogens is 268 g/mol. The van der Waals surface area contributed by atoms with Gasteiger partial charge in [-0.2, -0.15) is 0 Å². The molecule has 0 spiro atoms. The van der Waals surface area contributed by atoms with Gasteiger partial charge in [0.25, 0.3) is 0 Å². The molecule has 1 N–H and O–H groups in total. The lowest BCUT2D eigenvalue weighted by Crippen LogP contribution is -2.51. The van der Waals surface area contributed by atoms with Crippen LogP contribution in [-0.2, 0) is 16.1 Å². The predicted molar refractivity (Wildman–Crippen MR) is 79.0 cm³/mol. The van der Waals surface area contributed by atoms with E-state index in [9.17, 15) is 9.59 Å². The molecule has 5 nitrogen and oxygen atoms in total. The first kappa shape index (κ1) is 13.7. The number of aliphatic carboxylic acids is 1. The topological polar surface area (TPSA) is 62.5 Å². The standard InChI is InChI=1S/C16H18N2O3/c1-11-6-13-4-2-3-5-14(13)18(11)10-15(19)17-8-12(9-17)7-16(20)21/h2-6,12H,7-10H2,1H3,(H,20,21). The van der Waals surface area contributed by atoms with Crippen molar-refractivity contribution in [3.8, 4) is 0 Å². The molecule has 1 saturated heterocycles. The van der Waals surface area contributed by atoms with Gasteiger partial charge in [0, 0.05) is 30.2 Å². The number of hydrogen-bond acceptors (Lipinski definition) is 2. The van der Waals surface area contributed by atoms with Gasteiger partial charge in [0.1, 0.15) is 6.54 Å². The number of para-hydroxylation sites is 1. The summed E-state index contributed by atoms with van der Waals surface area (Å²) in [5.74, 6) is -0.630. The Balaban J connectivity index is 1.68. The molecule has 1 aromatic heterocycles. The fourth-order valence-electron chi connectivity index (χ4n) is 2.94. The summed E-state index contributed by atoms with van der Waals surface area (Å²) >= 11 is 0. The predicted octanol–water partition coefficient (Wildman–Crippen LogP) is 1.88. The number of benzene rings is 1. The molecule has 0 unspecified atom stereocenters. The zero-order chi connectivity index (χ0) is 15.0. The third-order valence-electron chi connectivity index (χ3n) is 4.08. The minimum atomic E-state index is -0.792. The number of hydrogen-bond donors (Lipinski definition) is 1. The zero-order valence-electron chi connectivity index (χ0n) is 12.0. The van der Waals surface area contributed by atoms with E-state index in [1.165, 1.54) is 0 Å². The summed E-state index contributed by atoms with van der Waals surface area (Å²) in [4.78, 5) is 24.6. The minimum absolute atomic E-state index is 0.0566. The van der Waals surface area contributed by atoms with Crippen molar-refractivity contribution in [3.63, 3.8) is 0 Å². The van der Waals surface area contributed by atoms with Gasteiger partial charge in [0.15, 0.2) is 0 Å². The van der Waals surface area contributed by atoms with Gasteiger partial charge in [-0.05, 0) is 24.4 Å². The highest BCUT2D eigenvalue weighted by Gasteiger charge is 2.32. The van der Waals surface area contributed by atoms with E-state index in [-0.39, 0.29) is 18.2 Å². The molecule has 0 radical (unpaired) electrons. The fraction of sp³-hybridized carbons (Fsp3) is 0.375. The Labute approximate surface area is 122 Å². The van der Waals surface area contributed by atoms with Crippen molar-refractivity contribution in [2.24, 2.45) is 5.92 Å². The normalized spacial score (nSPS) is 15.2. The fourth-order valence-corrected chi connectivity index (χ4v) is 2.94. The van der Waals surface area contributed by atoms with Crippen LogP contribution < -0.4 is 0 Å². The van der Waals surface area contributed by atoms with E-state index < -0.39 is 5.97 Å². The smallest absolute Gasteiger partial charge is 0.303 e. The molecule has 0 aliphatic carbocycles. The molecule has 2 aromatic rings. The van der Waals surface area contributed by atoms with Gasteiger partial charge < -0.3 is 14.6 Å². The summed E-state index contributed by atoms with van der Waals surface area (Å²) in [7, 11) is 0. The number of nitrogens with zero attached hydrogens (tertiary/aromatic N) is 2. The maximum Gasteiger partial charge on any atom is 0.303 e. The van der Waals surface area contributed by atoms with E-state index in [1.807, 2.05) is 35.8 Å². The second kappa shape index (κ2) is 5.24. The second-order valence-electron chi connectivity index (χ2n) is 5.69. The van der Waals surface area contributed by atoms with Gasteiger partial charge in [-0.1, -0.05) is 18.2 Å². The number of carbonyl (C=O) groups excluding carboxylic acids is 1. The van der Waals surface area contributed by atoms with E-state index in [4.69, 9.17) is 5.11 Å². The molecule has 0 saturated carbocycles. The maximum atomic E-state index is 12.3. The SMILES string of the molecule is Cc1cc2ccccc2n1CC(=O)N1CC(CC(=O)O)C1. The van der Waals surface area contributed by atoms with E-state index in [0.717, 1.165) is 16.6 Å². The van der Waals surface area contributed by atoms with Gasteiger partial charge in [-0.3, -0.25) is 9.59 Å². The molecule has 110 valence electrons. The van der Waals surface area contributed by atoms with Crippen LogP contribution in [0.25, 0.3) is 10.9 Å². The molecule has 1 fully saturated rings. The number of aromatic nitrogens is 1. The Bertz CT molecular complexity index is 699. The molecular formula is C16H18N2O3. The van der Waals surface area contributed by atoms with E-state index >= 15 is 0 Å². The first-order valence-corrected chi connectivity index (χ1v) is 7.09. The van der Waals surface area contributed by atoms with Crippen LogP contribution in [0.5, 0.6) is 0 Å². The highest BCUT2D eigenvalue weighted by Crippen LogP contribution is 2.22. The Hall–Kier alpha value is -2.30. The van der Waals surface area contributed by atoms with Gasteiger partial charge in [0.2, 0.25) is 5.91 Å². The van der Waals surface area contributed by atoms with Crippen LogP contribution in [0.2, 0.25) is 0 Å². The molecule has 2 heterocycles. The second-order valence-corrected chi connectivity index (χ2v) is 5.69. The van der Waals surface area contributed by atoms with Gasteiger partial charge >= 0.3 is 5.97 Å². The van der Waals surface area contributed by atoms with Gasteiger partial charge in [-0.25, -0.2) is 0 Å². The van der Waals surface area contributed by atoms with Crippen LogP contribution in [0.4, 0.5) is 0 Å². The van der Waals surface area contributed by atoms with E-state index in [0.29, 0.717) is 19.6 Å². The highest BCUT2D eigenvalue weighted by atomic mass is 16.4. The Morgan fingerprint density at radius 2 is 2.00 bits per heavy atom. The molecule has 1 aliphatic heterocycles. The first-order valence-electron chi connectivity index (χ1n) is 7.09. The van der Waals surface area contributed by atoms with Crippen LogP contribution in [0.1, 0.15) is 12.1 Å². The summed E-state index contributed by atoms with van der Waals surface area (Å²) < 4.78 is 2.02. The molecule has 21 heavy (non-hydrogen) atoms. The lowest BCUT2D eigenvalue weighted by atomic mass is 9.96. The average molecular weight is 286 g/mol. The molecule has 1 amide bonds. The van der Waals surface area contributed by atoms with E-state index in [2.05, 4.69) is 6.07 Å². The van der Waals surface area contributed by atoms with Gasteiger partial charge in [-0.15, -0.1) is 0 Å². The van der Waals surface area contributed by atoms with Crippen molar-refractivity contribution in [3.05, 3.63) is 36.0 Å². The largest absolute Gasteiger partial charge is 0.481 e. The van der Waals surface area contributed by atoms with Crippen LogP contribution >= 0.6 is 0 Å². The molecule has 3 rings (SSSR count). The van der Waals surface area contributed by atoms with Crippen molar-refractivity contribution in [1.29, 1.82) is 0 Å². The lowest BCUT2D eigenvalue weighted by molar-refractivity contribution is -0.145. The summed E-state index contributed by atoms with van der Waals surface area (Å²) in [5, 5.41) is 9.86. The number of rotatable bonds is 4. The van der Waals surface area contributed by atoms with Crippen LogP contribution in [0.3, 0.4) is 0 Å². The van der Waals surface area contributed by atoms with Crippen molar-refractivity contribution in [2.75, 3.05) is 13.1 Å². The number of carboxylic acids is 1. The zero-order valence-corrected chi connectivity index (χ0v) is 12.0. The van der Waals surface area contributed by atoms with Crippen LogP contribution in [0, 0.1) is 12.8 Å². The summed E-state index contributed by atoms with van der Waals surface area (Å²) in [5.41, 5.74) is 2.12. The van der Waals surface area contributed by atoms with Crippen molar-refractivity contribution < 1.29 is 14.7 Å². The first-order chi connectivity index (χ1) is 10.0.